The largest absolute Gasteiger partial charge is 0.381 e. The zero-order chi connectivity index (χ0) is 9.72. The van der Waals surface area contributed by atoms with E-state index in [4.69, 9.17) is 0 Å². The summed E-state index contributed by atoms with van der Waals surface area (Å²) in [5.74, 6) is 1.58. The number of hydrogen-bond donors (Lipinski definition) is 0. The van der Waals surface area contributed by atoms with Gasteiger partial charge in [-0.15, -0.1) is 0 Å². The highest BCUT2D eigenvalue weighted by Gasteiger charge is 2.04. The quantitative estimate of drug-likeness (QED) is 0.625. The van der Waals surface area contributed by atoms with Crippen LogP contribution in [-0.4, -0.2) is 19.0 Å². The van der Waals surface area contributed by atoms with Crippen molar-refractivity contribution in [3.63, 3.8) is 0 Å². The van der Waals surface area contributed by atoms with Crippen LogP contribution in [0.1, 0.15) is 34.1 Å². The fourth-order valence-corrected chi connectivity index (χ4v) is 0.811. The molecule has 0 aliphatic heterocycles. The molecule has 0 fully saturated rings. The first-order chi connectivity index (χ1) is 5.45. The van der Waals surface area contributed by atoms with Gasteiger partial charge >= 0.3 is 0 Å². The summed E-state index contributed by atoms with van der Waals surface area (Å²) in [6.07, 6.45) is 3.52. The lowest BCUT2D eigenvalue weighted by molar-refractivity contribution is 0.417. The van der Waals surface area contributed by atoms with Crippen molar-refractivity contribution in [2.75, 3.05) is 14.1 Å². The van der Waals surface area contributed by atoms with E-state index >= 15 is 0 Å². The summed E-state index contributed by atoms with van der Waals surface area (Å²) < 4.78 is 0. The van der Waals surface area contributed by atoms with Crippen molar-refractivity contribution >= 4 is 0 Å². The predicted octanol–water partition coefficient (Wildman–Crippen LogP) is 3.13. The summed E-state index contributed by atoms with van der Waals surface area (Å²) in [5, 5.41) is 0. The summed E-state index contributed by atoms with van der Waals surface area (Å²) in [5.41, 5.74) is 1.36. The molecule has 72 valence electrons. The maximum absolute atomic E-state index is 2.32. The molecule has 0 spiro atoms. The Kier molecular flexibility index (Phi) is 5.03. The van der Waals surface area contributed by atoms with Gasteiger partial charge in [0.1, 0.15) is 0 Å². The van der Waals surface area contributed by atoms with Gasteiger partial charge in [-0.1, -0.05) is 26.8 Å². The molecular formula is C11H23N. The molecule has 0 N–H and O–H groups in total. The summed E-state index contributed by atoms with van der Waals surface area (Å²) in [6, 6.07) is 0. The molecule has 0 radical (unpaired) electrons. The normalized spacial score (nSPS) is 15.1. The molecule has 0 aromatic carbocycles. The van der Waals surface area contributed by atoms with E-state index in [1.165, 1.54) is 12.1 Å². The van der Waals surface area contributed by atoms with E-state index < -0.39 is 0 Å². The van der Waals surface area contributed by atoms with Crippen LogP contribution in [0.3, 0.4) is 0 Å². The highest BCUT2D eigenvalue weighted by molar-refractivity contribution is 4.95. The van der Waals surface area contributed by atoms with E-state index in [0.717, 1.165) is 11.8 Å². The Morgan fingerprint density at radius 1 is 1.25 bits per heavy atom. The lowest BCUT2D eigenvalue weighted by Gasteiger charge is -2.16. The molecule has 0 amide bonds. The van der Waals surface area contributed by atoms with Crippen molar-refractivity contribution in [1.82, 2.24) is 4.90 Å². The summed E-state index contributed by atoms with van der Waals surface area (Å²) >= 11 is 0. The van der Waals surface area contributed by atoms with Gasteiger partial charge in [0, 0.05) is 19.8 Å². The number of nitrogens with zero attached hydrogens (tertiary/aromatic N) is 1. The van der Waals surface area contributed by atoms with Crippen LogP contribution >= 0.6 is 0 Å². The lowest BCUT2D eigenvalue weighted by Crippen LogP contribution is -2.09. The Bertz CT molecular complexity index is 145. The fourth-order valence-electron chi connectivity index (χ4n) is 0.811. The topological polar surface area (TPSA) is 3.24 Å². The summed E-state index contributed by atoms with van der Waals surface area (Å²) in [4.78, 5) is 2.16. The van der Waals surface area contributed by atoms with Gasteiger partial charge in [-0.05, 0) is 25.2 Å². The van der Waals surface area contributed by atoms with Crippen LogP contribution in [0.5, 0.6) is 0 Å². The molecule has 0 aliphatic carbocycles. The third-order valence-electron chi connectivity index (χ3n) is 2.63. The molecule has 0 aliphatic rings. The minimum atomic E-state index is 0.788. The third kappa shape index (κ3) is 4.42. The van der Waals surface area contributed by atoms with Gasteiger partial charge in [0.05, 0.1) is 0 Å². The van der Waals surface area contributed by atoms with Gasteiger partial charge in [0.25, 0.3) is 0 Å². The average Bonchev–Trinajstić information content (AvgIpc) is 1.98. The number of hydrogen-bond acceptors (Lipinski definition) is 1. The second kappa shape index (κ2) is 5.23. The van der Waals surface area contributed by atoms with Gasteiger partial charge in [-0.3, -0.25) is 0 Å². The van der Waals surface area contributed by atoms with E-state index in [0.29, 0.717) is 0 Å². The molecule has 0 rings (SSSR count). The van der Waals surface area contributed by atoms with Crippen molar-refractivity contribution in [1.29, 1.82) is 0 Å². The molecule has 0 aromatic rings. The van der Waals surface area contributed by atoms with E-state index in [9.17, 15) is 0 Å². The smallest absolute Gasteiger partial charge is 0.00579 e. The standard InChI is InChI=1S/C11H23N/c1-9(2)10(3)7-8-11(4)12(5)6/h8-10H,7H2,1-6H3/b11-8+/t10-/m0/s1. The van der Waals surface area contributed by atoms with Crippen LogP contribution in [0.4, 0.5) is 0 Å². The minimum absolute atomic E-state index is 0.788. The van der Waals surface area contributed by atoms with Crippen LogP contribution in [0.2, 0.25) is 0 Å². The van der Waals surface area contributed by atoms with Crippen molar-refractivity contribution in [2.45, 2.75) is 34.1 Å². The van der Waals surface area contributed by atoms with Crippen LogP contribution in [0.25, 0.3) is 0 Å². The van der Waals surface area contributed by atoms with Crippen LogP contribution in [-0.2, 0) is 0 Å². The van der Waals surface area contributed by atoms with Crippen LogP contribution in [0.15, 0.2) is 11.8 Å². The molecule has 0 bridgehead atoms. The van der Waals surface area contributed by atoms with Gasteiger partial charge in [0.2, 0.25) is 0 Å². The molecule has 0 heterocycles. The molecule has 0 saturated carbocycles. The first-order valence-corrected chi connectivity index (χ1v) is 4.79. The minimum Gasteiger partial charge on any atom is -0.381 e. The average molecular weight is 169 g/mol. The molecule has 1 nitrogen and oxygen atoms in total. The first kappa shape index (κ1) is 11.5. The monoisotopic (exact) mass is 169 g/mol. The van der Waals surface area contributed by atoms with Crippen molar-refractivity contribution in [2.24, 2.45) is 11.8 Å². The highest BCUT2D eigenvalue weighted by Crippen LogP contribution is 2.15. The van der Waals surface area contributed by atoms with Gasteiger partial charge in [-0.25, -0.2) is 0 Å². The Labute approximate surface area is 77.5 Å². The summed E-state index contributed by atoms with van der Waals surface area (Å²) in [6.45, 7) is 9.03. The highest BCUT2D eigenvalue weighted by atomic mass is 15.1. The first-order valence-electron chi connectivity index (χ1n) is 4.79. The maximum Gasteiger partial charge on any atom is 0.00579 e. The van der Waals surface area contributed by atoms with Gasteiger partial charge in [0.15, 0.2) is 0 Å². The van der Waals surface area contributed by atoms with Crippen LogP contribution in [0, 0.1) is 11.8 Å². The molecule has 12 heavy (non-hydrogen) atoms. The molecule has 1 atom stereocenters. The SMILES string of the molecule is C/C(=C\C[C@H](C)C(C)C)N(C)C. The van der Waals surface area contributed by atoms with E-state index in [2.05, 4.69) is 52.8 Å². The molecule has 0 aromatic heterocycles. The van der Waals surface area contributed by atoms with Crippen molar-refractivity contribution < 1.29 is 0 Å². The second-order valence-corrected chi connectivity index (χ2v) is 4.20. The Balaban J connectivity index is 3.87. The van der Waals surface area contributed by atoms with E-state index in [1.54, 1.807) is 0 Å². The number of allylic oxidation sites excluding steroid dienone is 2. The number of rotatable bonds is 4. The van der Waals surface area contributed by atoms with Crippen molar-refractivity contribution in [3.05, 3.63) is 11.8 Å². The fraction of sp³-hybridized carbons (Fsp3) is 0.818. The van der Waals surface area contributed by atoms with Crippen LogP contribution < -0.4 is 0 Å². The molecule has 0 saturated heterocycles. The van der Waals surface area contributed by atoms with Gasteiger partial charge in [-0.2, -0.15) is 0 Å². The Hall–Kier alpha value is -0.460. The van der Waals surface area contributed by atoms with E-state index in [-0.39, 0.29) is 0 Å². The predicted molar refractivity (Wildman–Crippen MR) is 56.1 cm³/mol. The summed E-state index contributed by atoms with van der Waals surface area (Å²) in [7, 11) is 4.18. The van der Waals surface area contributed by atoms with Crippen molar-refractivity contribution in [3.8, 4) is 0 Å². The lowest BCUT2D eigenvalue weighted by atomic mass is 9.94. The zero-order valence-electron chi connectivity index (χ0n) is 9.39. The Morgan fingerprint density at radius 2 is 1.75 bits per heavy atom. The van der Waals surface area contributed by atoms with Gasteiger partial charge < -0.3 is 4.90 Å². The molecule has 1 heteroatoms. The maximum atomic E-state index is 2.32. The Morgan fingerprint density at radius 3 is 2.08 bits per heavy atom. The van der Waals surface area contributed by atoms with E-state index in [1.807, 2.05) is 0 Å². The second-order valence-electron chi connectivity index (χ2n) is 4.20. The zero-order valence-corrected chi connectivity index (χ0v) is 9.39. The third-order valence-corrected chi connectivity index (χ3v) is 2.63. The molecular weight excluding hydrogens is 146 g/mol. The molecule has 0 unspecified atom stereocenters.